The van der Waals surface area contributed by atoms with Gasteiger partial charge in [-0.1, -0.05) is 11.6 Å². The van der Waals surface area contributed by atoms with E-state index >= 15 is 0 Å². The van der Waals surface area contributed by atoms with Gasteiger partial charge in [0.15, 0.2) is 0 Å². The first kappa shape index (κ1) is 19.8. The zero-order chi connectivity index (χ0) is 19.6. The summed E-state index contributed by atoms with van der Waals surface area (Å²) in [6.07, 6.45) is 1.43. The third-order valence-corrected chi connectivity index (χ3v) is 6.23. The lowest BCUT2D eigenvalue weighted by atomic mass is 10.1. The SMILES string of the molecule is CCn1nc(N2CCCC(NS(=O)(=O)c3ccc(F)c(Cl)c3)C2)ccc1=O. The van der Waals surface area contributed by atoms with Crippen LogP contribution in [0.2, 0.25) is 5.02 Å². The number of aryl methyl sites for hydroxylation is 1. The van der Waals surface area contributed by atoms with Crippen LogP contribution < -0.4 is 15.2 Å². The van der Waals surface area contributed by atoms with Crippen LogP contribution in [0.25, 0.3) is 0 Å². The number of piperidine rings is 1. The molecule has 2 heterocycles. The molecule has 0 amide bonds. The molecule has 0 spiro atoms. The topological polar surface area (TPSA) is 84.3 Å². The van der Waals surface area contributed by atoms with Crippen molar-refractivity contribution in [3.8, 4) is 0 Å². The van der Waals surface area contributed by atoms with Gasteiger partial charge >= 0.3 is 0 Å². The first-order valence-electron chi connectivity index (χ1n) is 8.60. The minimum atomic E-state index is -3.83. The number of halogens is 2. The summed E-state index contributed by atoms with van der Waals surface area (Å²) in [6.45, 7) is 3.43. The Labute approximate surface area is 161 Å². The van der Waals surface area contributed by atoms with Crippen LogP contribution >= 0.6 is 11.6 Å². The lowest BCUT2D eigenvalue weighted by molar-refractivity contribution is 0.460. The highest BCUT2D eigenvalue weighted by molar-refractivity contribution is 7.89. The summed E-state index contributed by atoms with van der Waals surface area (Å²) < 4.78 is 42.5. The van der Waals surface area contributed by atoms with Gasteiger partial charge in [-0.25, -0.2) is 22.2 Å². The van der Waals surface area contributed by atoms with Gasteiger partial charge in [-0.05, 0) is 44.0 Å². The smallest absolute Gasteiger partial charge is 0.266 e. The van der Waals surface area contributed by atoms with Crippen LogP contribution in [0.1, 0.15) is 19.8 Å². The summed E-state index contributed by atoms with van der Waals surface area (Å²) in [6, 6.07) is 6.07. The molecule has 1 saturated heterocycles. The van der Waals surface area contributed by atoms with Crippen molar-refractivity contribution in [1.82, 2.24) is 14.5 Å². The van der Waals surface area contributed by atoms with Crippen LogP contribution in [0, 0.1) is 5.82 Å². The molecule has 0 radical (unpaired) electrons. The van der Waals surface area contributed by atoms with Gasteiger partial charge < -0.3 is 4.90 Å². The number of rotatable bonds is 5. The van der Waals surface area contributed by atoms with Crippen LogP contribution in [0.15, 0.2) is 40.0 Å². The fourth-order valence-corrected chi connectivity index (χ4v) is 4.58. The number of aromatic nitrogens is 2. The number of anilines is 1. The third-order valence-electron chi connectivity index (χ3n) is 4.42. The molecule has 1 fully saturated rings. The summed E-state index contributed by atoms with van der Waals surface area (Å²) in [5, 5.41) is 4.08. The van der Waals surface area contributed by atoms with Gasteiger partial charge in [0.1, 0.15) is 11.6 Å². The van der Waals surface area contributed by atoms with Gasteiger partial charge in [0.05, 0.1) is 9.92 Å². The average molecular weight is 415 g/mol. The second kappa shape index (κ2) is 7.95. The maximum absolute atomic E-state index is 13.3. The van der Waals surface area contributed by atoms with Gasteiger partial charge in [0.25, 0.3) is 5.56 Å². The Hall–Kier alpha value is -1.97. The van der Waals surface area contributed by atoms with E-state index in [0.717, 1.165) is 25.1 Å². The maximum atomic E-state index is 13.3. The summed E-state index contributed by atoms with van der Waals surface area (Å²) in [5.74, 6) is -0.0400. The highest BCUT2D eigenvalue weighted by Crippen LogP contribution is 2.22. The van der Waals surface area contributed by atoms with Crippen molar-refractivity contribution < 1.29 is 12.8 Å². The highest BCUT2D eigenvalue weighted by Gasteiger charge is 2.26. The quantitative estimate of drug-likeness (QED) is 0.809. The van der Waals surface area contributed by atoms with Gasteiger partial charge in [0.2, 0.25) is 10.0 Å². The van der Waals surface area contributed by atoms with E-state index in [4.69, 9.17) is 11.6 Å². The number of hydrogen-bond acceptors (Lipinski definition) is 5. The fourth-order valence-electron chi connectivity index (χ4n) is 3.05. The summed E-state index contributed by atoms with van der Waals surface area (Å²) in [5.41, 5.74) is -0.177. The Bertz CT molecular complexity index is 996. The van der Waals surface area contributed by atoms with E-state index in [1.54, 1.807) is 6.07 Å². The van der Waals surface area contributed by atoms with Crippen molar-refractivity contribution >= 4 is 27.4 Å². The van der Waals surface area contributed by atoms with Crippen LogP contribution in [0.5, 0.6) is 0 Å². The van der Waals surface area contributed by atoms with Crippen LogP contribution in [0.3, 0.4) is 0 Å². The van der Waals surface area contributed by atoms with E-state index < -0.39 is 15.8 Å². The minimum absolute atomic E-state index is 0.0799. The Kier molecular flexibility index (Phi) is 5.83. The van der Waals surface area contributed by atoms with E-state index in [-0.39, 0.29) is 21.5 Å². The molecule has 0 saturated carbocycles. The molecule has 1 aliphatic heterocycles. The first-order chi connectivity index (χ1) is 12.8. The largest absolute Gasteiger partial charge is 0.354 e. The van der Waals surface area contributed by atoms with E-state index in [9.17, 15) is 17.6 Å². The zero-order valence-electron chi connectivity index (χ0n) is 14.7. The van der Waals surface area contributed by atoms with Crippen molar-refractivity contribution in [2.24, 2.45) is 0 Å². The van der Waals surface area contributed by atoms with Gasteiger partial charge in [-0.3, -0.25) is 4.79 Å². The molecule has 10 heteroatoms. The van der Waals surface area contributed by atoms with E-state index in [1.807, 2.05) is 11.8 Å². The Morgan fingerprint density at radius 3 is 2.81 bits per heavy atom. The summed E-state index contributed by atoms with van der Waals surface area (Å²) >= 11 is 5.70. The predicted molar refractivity (Wildman–Crippen MR) is 101 cm³/mol. The second-order valence-corrected chi connectivity index (χ2v) is 8.45. The van der Waals surface area contributed by atoms with Crippen LogP contribution in [0.4, 0.5) is 10.2 Å². The van der Waals surface area contributed by atoms with Gasteiger partial charge in [0, 0.05) is 31.7 Å². The number of nitrogens with one attached hydrogen (secondary N) is 1. The van der Waals surface area contributed by atoms with Crippen molar-refractivity contribution in [1.29, 1.82) is 0 Å². The number of nitrogens with zero attached hydrogens (tertiary/aromatic N) is 3. The van der Waals surface area contributed by atoms with Crippen LogP contribution in [-0.2, 0) is 16.6 Å². The lowest BCUT2D eigenvalue weighted by Crippen LogP contribution is -2.48. The molecule has 1 aliphatic rings. The number of sulfonamides is 1. The van der Waals surface area contributed by atoms with E-state index in [0.29, 0.717) is 25.3 Å². The van der Waals surface area contributed by atoms with E-state index in [1.165, 1.54) is 16.8 Å². The average Bonchev–Trinajstić information content (AvgIpc) is 2.64. The first-order valence-corrected chi connectivity index (χ1v) is 10.5. The van der Waals surface area contributed by atoms with Gasteiger partial charge in [-0.15, -0.1) is 0 Å². The summed E-state index contributed by atoms with van der Waals surface area (Å²) in [4.78, 5) is 13.6. The van der Waals surface area contributed by atoms with Crippen molar-refractivity contribution in [2.75, 3.05) is 18.0 Å². The molecule has 0 aliphatic carbocycles. The molecular weight excluding hydrogens is 395 g/mol. The molecule has 0 bridgehead atoms. The molecular formula is C17H20ClFN4O3S. The number of hydrogen-bond donors (Lipinski definition) is 1. The molecule has 2 aromatic rings. The maximum Gasteiger partial charge on any atom is 0.266 e. The normalized spacial score (nSPS) is 17.9. The molecule has 7 nitrogen and oxygen atoms in total. The van der Waals surface area contributed by atoms with Crippen molar-refractivity contribution in [3.63, 3.8) is 0 Å². The molecule has 1 N–H and O–H groups in total. The molecule has 1 unspecified atom stereocenters. The molecule has 3 rings (SSSR count). The minimum Gasteiger partial charge on any atom is -0.354 e. The van der Waals surface area contributed by atoms with Crippen LogP contribution in [-0.4, -0.2) is 37.3 Å². The number of benzene rings is 1. The van der Waals surface area contributed by atoms with Crippen molar-refractivity contribution in [2.45, 2.75) is 37.2 Å². The third kappa shape index (κ3) is 4.48. The Morgan fingerprint density at radius 2 is 2.11 bits per heavy atom. The lowest BCUT2D eigenvalue weighted by Gasteiger charge is -2.33. The predicted octanol–water partition coefficient (Wildman–Crippen LogP) is 2.00. The standard InChI is InChI=1S/C17H20ClFN4O3S/c1-2-23-17(24)8-7-16(20-23)22-9-3-4-12(11-22)21-27(25,26)13-5-6-15(19)14(18)10-13/h5-8,10,12,21H,2-4,9,11H2,1H3. The van der Waals surface area contributed by atoms with Crippen molar-refractivity contribution in [3.05, 3.63) is 51.5 Å². The molecule has 1 aromatic heterocycles. The molecule has 27 heavy (non-hydrogen) atoms. The molecule has 1 aromatic carbocycles. The van der Waals surface area contributed by atoms with Gasteiger partial charge in [-0.2, -0.15) is 5.10 Å². The Morgan fingerprint density at radius 1 is 1.33 bits per heavy atom. The molecule has 146 valence electrons. The highest BCUT2D eigenvalue weighted by atomic mass is 35.5. The fraction of sp³-hybridized carbons (Fsp3) is 0.412. The van der Waals surface area contributed by atoms with E-state index in [2.05, 4.69) is 9.82 Å². The Balaban J connectivity index is 1.76. The second-order valence-electron chi connectivity index (χ2n) is 6.33. The molecule has 1 atom stereocenters. The zero-order valence-corrected chi connectivity index (χ0v) is 16.3. The monoisotopic (exact) mass is 414 g/mol. The summed E-state index contributed by atoms with van der Waals surface area (Å²) in [7, 11) is -3.83.